The van der Waals surface area contributed by atoms with E-state index in [1.165, 1.54) is 0 Å². The molecule has 0 spiro atoms. The molecule has 7 heteroatoms. The molecule has 0 radical (unpaired) electrons. The third-order valence-corrected chi connectivity index (χ3v) is 4.55. The predicted octanol–water partition coefficient (Wildman–Crippen LogP) is 2.52. The van der Waals surface area contributed by atoms with Crippen LogP contribution < -0.4 is 5.32 Å². The van der Waals surface area contributed by atoms with Gasteiger partial charge in [0.25, 0.3) is 0 Å². The van der Waals surface area contributed by atoms with E-state index in [-0.39, 0.29) is 5.91 Å². The Bertz CT molecular complexity index is 834. The molecule has 0 aliphatic carbocycles. The zero-order chi connectivity index (χ0) is 17.5. The lowest BCUT2D eigenvalue weighted by Gasteiger charge is -2.08. The second kappa shape index (κ2) is 8.43. The van der Waals surface area contributed by atoms with Gasteiger partial charge in [0.05, 0.1) is 11.4 Å². The standard InChI is InChI=1S/C18H19N5OS/c1-14-19-8-9-23(14)17-10-15(5-7-21-17)11-22-18(24)13-25-12-16-4-2-3-6-20-16/h2-10H,11-13H2,1H3,(H,22,24). The normalized spacial score (nSPS) is 10.6. The van der Waals surface area contributed by atoms with Crippen LogP contribution in [-0.4, -0.2) is 31.2 Å². The van der Waals surface area contributed by atoms with Crippen LogP contribution in [0, 0.1) is 6.92 Å². The number of aryl methyl sites for hydroxylation is 1. The van der Waals surface area contributed by atoms with Crippen molar-refractivity contribution in [3.05, 3.63) is 72.2 Å². The van der Waals surface area contributed by atoms with Crippen molar-refractivity contribution in [3.63, 3.8) is 0 Å². The Morgan fingerprint density at radius 2 is 2.08 bits per heavy atom. The van der Waals surface area contributed by atoms with Crippen LogP contribution in [0.25, 0.3) is 5.82 Å². The van der Waals surface area contributed by atoms with Gasteiger partial charge < -0.3 is 5.32 Å². The van der Waals surface area contributed by atoms with Gasteiger partial charge >= 0.3 is 0 Å². The van der Waals surface area contributed by atoms with Gasteiger partial charge in [-0.25, -0.2) is 9.97 Å². The zero-order valence-corrected chi connectivity index (χ0v) is 14.7. The van der Waals surface area contributed by atoms with E-state index in [4.69, 9.17) is 0 Å². The number of amides is 1. The molecule has 0 fully saturated rings. The van der Waals surface area contributed by atoms with Gasteiger partial charge in [-0.05, 0) is 36.8 Å². The molecule has 0 bridgehead atoms. The Morgan fingerprint density at radius 3 is 2.84 bits per heavy atom. The number of imidazole rings is 1. The molecule has 3 aromatic heterocycles. The van der Waals surface area contributed by atoms with E-state index in [9.17, 15) is 4.79 Å². The average molecular weight is 353 g/mol. The summed E-state index contributed by atoms with van der Waals surface area (Å²) in [7, 11) is 0. The molecule has 1 N–H and O–H groups in total. The molecule has 0 aliphatic heterocycles. The molecule has 0 saturated heterocycles. The summed E-state index contributed by atoms with van der Waals surface area (Å²) in [4.78, 5) is 24.8. The Hall–Kier alpha value is -2.67. The fourth-order valence-corrected chi connectivity index (χ4v) is 3.08. The molecule has 3 heterocycles. The summed E-state index contributed by atoms with van der Waals surface area (Å²) in [5.74, 6) is 2.83. The van der Waals surface area contributed by atoms with Crippen LogP contribution in [0.3, 0.4) is 0 Å². The number of thioether (sulfide) groups is 1. The van der Waals surface area contributed by atoms with Crippen LogP contribution in [0.5, 0.6) is 0 Å². The number of hydrogen-bond acceptors (Lipinski definition) is 5. The lowest BCUT2D eigenvalue weighted by atomic mass is 10.2. The zero-order valence-electron chi connectivity index (χ0n) is 13.9. The van der Waals surface area contributed by atoms with Gasteiger partial charge in [0, 0.05) is 37.1 Å². The molecule has 3 rings (SSSR count). The molecule has 0 aromatic carbocycles. The van der Waals surface area contributed by atoms with Crippen molar-refractivity contribution in [2.24, 2.45) is 0 Å². The van der Waals surface area contributed by atoms with Crippen molar-refractivity contribution in [2.45, 2.75) is 19.2 Å². The topological polar surface area (TPSA) is 72.7 Å². The summed E-state index contributed by atoms with van der Waals surface area (Å²) in [6.45, 7) is 2.40. The molecular formula is C18H19N5OS. The molecule has 128 valence electrons. The molecule has 6 nitrogen and oxygen atoms in total. The van der Waals surface area contributed by atoms with Gasteiger partial charge in [-0.15, -0.1) is 11.8 Å². The Morgan fingerprint density at radius 1 is 1.16 bits per heavy atom. The number of pyridine rings is 2. The van der Waals surface area contributed by atoms with Crippen LogP contribution in [0.2, 0.25) is 0 Å². The first-order valence-corrected chi connectivity index (χ1v) is 9.07. The molecule has 0 aliphatic rings. The smallest absolute Gasteiger partial charge is 0.230 e. The quantitative estimate of drug-likeness (QED) is 0.707. The number of carbonyl (C=O) groups excluding carboxylic acids is 1. The van der Waals surface area contributed by atoms with Gasteiger partial charge in [-0.1, -0.05) is 6.07 Å². The van der Waals surface area contributed by atoms with Crippen molar-refractivity contribution in [3.8, 4) is 5.82 Å². The highest BCUT2D eigenvalue weighted by Gasteiger charge is 2.05. The van der Waals surface area contributed by atoms with Gasteiger partial charge in [0.1, 0.15) is 11.6 Å². The fourth-order valence-electron chi connectivity index (χ4n) is 2.31. The maximum Gasteiger partial charge on any atom is 0.230 e. The molecule has 0 unspecified atom stereocenters. The minimum atomic E-state index is 0.0121. The highest BCUT2D eigenvalue weighted by atomic mass is 32.2. The molecule has 1 amide bonds. The summed E-state index contributed by atoms with van der Waals surface area (Å²) in [6, 6.07) is 9.65. The van der Waals surface area contributed by atoms with E-state index >= 15 is 0 Å². The summed E-state index contributed by atoms with van der Waals surface area (Å²) < 4.78 is 1.91. The van der Waals surface area contributed by atoms with Crippen LogP contribution in [-0.2, 0) is 17.1 Å². The van der Waals surface area contributed by atoms with Crippen molar-refractivity contribution >= 4 is 17.7 Å². The Balaban J connectivity index is 1.48. The SMILES string of the molecule is Cc1nccn1-c1cc(CNC(=O)CSCc2ccccn2)ccn1. The van der Waals surface area contributed by atoms with Gasteiger partial charge in [-0.2, -0.15) is 0 Å². The first kappa shape index (κ1) is 17.2. The summed E-state index contributed by atoms with van der Waals surface area (Å²) in [6.07, 6.45) is 7.11. The highest BCUT2D eigenvalue weighted by Crippen LogP contribution is 2.11. The number of carbonyl (C=O) groups is 1. The van der Waals surface area contributed by atoms with Crippen molar-refractivity contribution in [1.82, 2.24) is 24.8 Å². The predicted molar refractivity (Wildman–Crippen MR) is 98.3 cm³/mol. The average Bonchev–Trinajstić information content (AvgIpc) is 3.07. The van der Waals surface area contributed by atoms with E-state index < -0.39 is 0 Å². The number of nitrogens with zero attached hydrogens (tertiary/aromatic N) is 4. The lowest BCUT2D eigenvalue weighted by molar-refractivity contribution is -0.118. The minimum absolute atomic E-state index is 0.0121. The van der Waals surface area contributed by atoms with Gasteiger partial charge in [0.15, 0.2) is 0 Å². The summed E-state index contributed by atoms with van der Waals surface area (Å²) in [5, 5.41) is 2.94. The number of nitrogens with one attached hydrogen (secondary N) is 1. The first-order valence-electron chi connectivity index (χ1n) is 7.92. The van der Waals surface area contributed by atoms with E-state index in [1.807, 2.05) is 48.0 Å². The molecule has 0 saturated carbocycles. The van der Waals surface area contributed by atoms with E-state index in [2.05, 4.69) is 20.3 Å². The number of aromatic nitrogens is 4. The van der Waals surface area contributed by atoms with Crippen LogP contribution >= 0.6 is 11.8 Å². The lowest BCUT2D eigenvalue weighted by Crippen LogP contribution is -2.24. The number of hydrogen-bond donors (Lipinski definition) is 1. The van der Waals surface area contributed by atoms with E-state index in [0.717, 1.165) is 28.7 Å². The first-order chi connectivity index (χ1) is 12.2. The van der Waals surface area contributed by atoms with E-state index in [1.54, 1.807) is 30.4 Å². The largest absolute Gasteiger partial charge is 0.351 e. The van der Waals surface area contributed by atoms with Crippen molar-refractivity contribution in [1.29, 1.82) is 0 Å². The maximum absolute atomic E-state index is 12.0. The van der Waals surface area contributed by atoms with E-state index in [0.29, 0.717) is 12.3 Å². The molecule has 0 atom stereocenters. The molecule has 3 aromatic rings. The summed E-state index contributed by atoms with van der Waals surface area (Å²) >= 11 is 1.55. The monoisotopic (exact) mass is 353 g/mol. The van der Waals surface area contributed by atoms with Crippen LogP contribution in [0.4, 0.5) is 0 Å². The van der Waals surface area contributed by atoms with Gasteiger partial charge in [0.2, 0.25) is 5.91 Å². The Kier molecular flexibility index (Phi) is 5.79. The fraction of sp³-hybridized carbons (Fsp3) is 0.222. The highest BCUT2D eigenvalue weighted by molar-refractivity contribution is 7.99. The molecular weight excluding hydrogens is 334 g/mol. The second-order valence-electron chi connectivity index (χ2n) is 5.46. The Labute approximate surface area is 150 Å². The third-order valence-electron chi connectivity index (χ3n) is 3.58. The summed E-state index contributed by atoms with van der Waals surface area (Å²) in [5.41, 5.74) is 1.98. The minimum Gasteiger partial charge on any atom is -0.351 e. The maximum atomic E-state index is 12.0. The van der Waals surface area contributed by atoms with Crippen molar-refractivity contribution in [2.75, 3.05) is 5.75 Å². The third kappa shape index (κ3) is 4.90. The van der Waals surface area contributed by atoms with Crippen LogP contribution in [0.1, 0.15) is 17.1 Å². The second-order valence-corrected chi connectivity index (χ2v) is 6.44. The number of rotatable bonds is 7. The van der Waals surface area contributed by atoms with Crippen LogP contribution in [0.15, 0.2) is 55.1 Å². The van der Waals surface area contributed by atoms with Gasteiger partial charge in [-0.3, -0.25) is 14.3 Å². The van der Waals surface area contributed by atoms with Crippen molar-refractivity contribution < 1.29 is 4.79 Å². The molecule has 25 heavy (non-hydrogen) atoms.